The SMILES string of the molecule is CCCCCCCCCCCCCCCCCCN.CCCCCCCCP(O)(O)(O)CCCCCCCC. The Bertz CT molecular complexity index is 417. The van der Waals surface area contributed by atoms with Crippen molar-refractivity contribution < 1.29 is 14.7 Å². The summed E-state index contributed by atoms with van der Waals surface area (Å²) in [6.45, 7) is 7.53. The molecule has 0 fully saturated rings. The standard InChI is InChI=1S/C18H39N.C16H37O3P/c1-2-3-4-5-6-7-8-9-10-11-12-13-14-15-16-17-18-19;1-3-5-7-9-11-13-15-20(17,18,19)16-14-12-10-8-6-4-2/h2-19H2,1H3;17-19H,3-16H2,1-2H3. The Labute approximate surface area is 246 Å². The predicted molar refractivity (Wildman–Crippen MR) is 179 cm³/mol. The summed E-state index contributed by atoms with van der Waals surface area (Å²) in [7, 11) is -4.31. The maximum atomic E-state index is 10.0. The van der Waals surface area contributed by atoms with Crippen molar-refractivity contribution in [2.24, 2.45) is 5.73 Å². The molecule has 0 aromatic carbocycles. The molecule has 0 aliphatic heterocycles. The number of hydrogen-bond acceptors (Lipinski definition) is 4. The summed E-state index contributed by atoms with van der Waals surface area (Å²) in [5.74, 6) is 0. The van der Waals surface area contributed by atoms with Gasteiger partial charge >= 0.3 is 125 Å². The normalized spacial score (nSPS) is 12.6. The van der Waals surface area contributed by atoms with Gasteiger partial charge in [-0.25, -0.2) is 0 Å². The van der Waals surface area contributed by atoms with E-state index in [9.17, 15) is 14.7 Å². The molecule has 0 saturated heterocycles. The van der Waals surface area contributed by atoms with Gasteiger partial charge in [-0.2, -0.15) is 0 Å². The van der Waals surface area contributed by atoms with Gasteiger partial charge in [0, 0.05) is 0 Å². The van der Waals surface area contributed by atoms with Crippen molar-refractivity contribution in [1.29, 1.82) is 0 Å². The van der Waals surface area contributed by atoms with Gasteiger partial charge < -0.3 is 5.73 Å². The summed E-state index contributed by atoms with van der Waals surface area (Å²) in [5, 5.41) is 0. The zero-order chi connectivity index (χ0) is 29.4. The topological polar surface area (TPSA) is 86.7 Å². The van der Waals surface area contributed by atoms with Gasteiger partial charge in [-0.3, -0.25) is 0 Å². The number of rotatable bonds is 30. The monoisotopic (exact) mass is 578 g/mol. The number of unbranched alkanes of at least 4 members (excludes halogenated alkanes) is 25. The quantitative estimate of drug-likeness (QED) is 0.0505. The van der Waals surface area contributed by atoms with Crippen molar-refractivity contribution in [3.05, 3.63) is 0 Å². The molecule has 5 heteroatoms. The molecule has 0 bridgehead atoms. The van der Waals surface area contributed by atoms with E-state index in [1.807, 2.05) is 0 Å². The molecule has 39 heavy (non-hydrogen) atoms. The van der Waals surface area contributed by atoms with E-state index in [0.717, 1.165) is 45.1 Å². The third-order valence-electron chi connectivity index (χ3n) is 8.00. The van der Waals surface area contributed by atoms with Gasteiger partial charge in [0.1, 0.15) is 0 Å². The summed E-state index contributed by atoms with van der Waals surface area (Å²) in [5.41, 5.74) is 5.48. The van der Waals surface area contributed by atoms with Gasteiger partial charge in [0.25, 0.3) is 0 Å². The molecule has 0 amide bonds. The van der Waals surface area contributed by atoms with E-state index in [0.29, 0.717) is 0 Å². The number of nitrogens with two attached hydrogens (primary N) is 1. The van der Waals surface area contributed by atoms with Crippen LogP contribution in [0.15, 0.2) is 0 Å². The van der Waals surface area contributed by atoms with Gasteiger partial charge in [-0.05, 0) is 13.0 Å². The molecule has 0 aromatic rings. The Hall–Kier alpha value is 0.270. The van der Waals surface area contributed by atoms with Crippen molar-refractivity contribution in [3.8, 4) is 0 Å². The van der Waals surface area contributed by atoms with Gasteiger partial charge in [0.05, 0.1) is 0 Å². The summed E-state index contributed by atoms with van der Waals surface area (Å²) >= 11 is 0. The van der Waals surface area contributed by atoms with Crippen LogP contribution < -0.4 is 5.73 Å². The summed E-state index contributed by atoms with van der Waals surface area (Å²) in [6.07, 6.45) is 36.4. The molecule has 0 unspecified atom stereocenters. The van der Waals surface area contributed by atoms with Crippen LogP contribution in [0.4, 0.5) is 0 Å². The third-order valence-corrected chi connectivity index (χ3v) is 10.5. The average Bonchev–Trinajstić information content (AvgIpc) is 2.90. The second-order valence-corrected chi connectivity index (χ2v) is 16.0. The first-order valence-electron chi connectivity index (χ1n) is 17.8. The third kappa shape index (κ3) is 38.3. The molecule has 0 spiro atoms. The minimum atomic E-state index is -4.31. The Kier molecular flexibility index (Phi) is 33.1. The fourth-order valence-electron chi connectivity index (χ4n) is 5.24. The fourth-order valence-corrected chi connectivity index (χ4v) is 7.20. The molecule has 0 aliphatic rings. The van der Waals surface area contributed by atoms with E-state index in [2.05, 4.69) is 20.8 Å². The van der Waals surface area contributed by atoms with Crippen molar-refractivity contribution in [2.45, 2.75) is 201 Å². The molecule has 0 atom stereocenters. The Morgan fingerprint density at radius 2 is 0.538 bits per heavy atom. The zero-order valence-corrected chi connectivity index (χ0v) is 28.2. The average molecular weight is 578 g/mol. The van der Waals surface area contributed by atoms with Crippen LogP contribution in [0.2, 0.25) is 0 Å². The molecule has 0 saturated carbocycles. The van der Waals surface area contributed by atoms with Crippen LogP contribution in [0.25, 0.3) is 0 Å². The maximum absolute atomic E-state index is 10.0. The molecule has 0 aliphatic carbocycles. The second-order valence-electron chi connectivity index (χ2n) is 12.4. The van der Waals surface area contributed by atoms with Crippen LogP contribution >= 0.6 is 7.28 Å². The molecule has 0 rings (SSSR count). The molecule has 0 heterocycles. The molecule has 4 nitrogen and oxygen atoms in total. The van der Waals surface area contributed by atoms with Gasteiger partial charge in [0.2, 0.25) is 0 Å². The molecular weight excluding hydrogens is 501 g/mol. The molecule has 240 valence electrons. The van der Waals surface area contributed by atoms with Crippen molar-refractivity contribution in [2.75, 3.05) is 18.9 Å². The summed E-state index contributed by atoms with van der Waals surface area (Å²) in [4.78, 5) is 30.1. The molecule has 0 aromatic heterocycles. The van der Waals surface area contributed by atoms with E-state index in [1.54, 1.807) is 0 Å². The van der Waals surface area contributed by atoms with E-state index in [1.165, 1.54) is 141 Å². The van der Waals surface area contributed by atoms with Gasteiger partial charge in [-0.15, -0.1) is 0 Å². The van der Waals surface area contributed by atoms with Crippen molar-refractivity contribution in [3.63, 3.8) is 0 Å². The van der Waals surface area contributed by atoms with Gasteiger partial charge in [-0.1, -0.05) is 103 Å². The minimum absolute atomic E-state index is 0.201. The van der Waals surface area contributed by atoms with Crippen molar-refractivity contribution in [1.82, 2.24) is 0 Å². The summed E-state index contributed by atoms with van der Waals surface area (Å²) < 4.78 is 0. The van der Waals surface area contributed by atoms with Gasteiger partial charge in [0.15, 0.2) is 0 Å². The van der Waals surface area contributed by atoms with Crippen molar-refractivity contribution >= 4 is 7.28 Å². The zero-order valence-electron chi connectivity index (χ0n) is 27.3. The Balaban J connectivity index is 0. The predicted octanol–water partition coefficient (Wildman–Crippen LogP) is 11.2. The number of hydrogen-bond donors (Lipinski definition) is 4. The first-order valence-corrected chi connectivity index (χ1v) is 20.2. The van der Waals surface area contributed by atoms with Crippen LogP contribution in [-0.2, 0) is 0 Å². The van der Waals surface area contributed by atoms with E-state index < -0.39 is 7.28 Å². The van der Waals surface area contributed by atoms with Crippen LogP contribution in [0.1, 0.15) is 201 Å². The van der Waals surface area contributed by atoms with Crippen LogP contribution in [0.5, 0.6) is 0 Å². The first kappa shape index (κ1) is 41.4. The van der Waals surface area contributed by atoms with Crippen LogP contribution in [-0.4, -0.2) is 33.5 Å². The summed E-state index contributed by atoms with van der Waals surface area (Å²) in [6, 6.07) is 0. The van der Waals surface area contributed by atoms with E-state index >= 15 is 0 Å². The molecule has 0 radical (unpaired) electrons. The Morgan fingerprint density at radius 1 is 0.333 bits per heavy atom. The fraction of sp³-hybridized carbons (Fsp3) is 1.00. The van der Waals surface area contributed by atoms with E-state index in [4.69, 9.17) is 5.73 Å². The van der Waals surface area contributed by atoms with Crippen LogP contribution in [0.3, 0.4) is 0 Å². The second kappa shape index (κ2) is 31.2. The molecule has 5 N–H and O–H groups in total. The Morgan fingerprint density at radius 3 is 0.769 bits per heavy atom. The van der Waals surface area contributed by atoms with Crippen LogP contribution in [0, 0.1) is 0 Å². The molecular formula is C34H76NO3P. The van der Waals surface area contributed by atoms with E-state index in [-0.39, 0.29) is 12.3 Å². The first-order chi connectivity index (χ1) is 18.8.